The highest BCUT2D eigenvalue weighted by atomic mass is 16.5. The summed E-state index contributed by atoms with van der Waals surface area (Å²) in [5, 5.41) is 10.7. The van der Waals surface area contributed by atoms with E-state index >= 15 is 0 Å². The van der Waals surface area contributed by atoms with E-state index in [1.54, 1.807) is 0 Å². The molecule has 1 unspecified atom stereocenters. The van der Waals surface area contributed by atoms with Crippen molar-refractivity contribution in [3.63, 3.8) is 0 Å². The predicted octanol–water partition coefficient (Wildman–Crippen LogP) is 2.37. The van der Waals surface area contributed by atoms with Gasteiger partial charge in [-0.25, -0.2) is 9.97 Å². The lowest BCUT2D eigenvalue weighted by atomic mass is 9.94. The van der Waals surface area contributed by atoms with Gasteiger partial charge < -0.3 is 15.2 Å². The molecule has 0 spiro atoms. The molecule has 7 nitrogen and oxygen atoms in total. The van der Waals surface area contributed by atoms with E-state index in [0.29, 0.717) is 11.8 Å². The molecular formula is C16H24N6O. The Labute approximate surface area is 136 Å². The Bertz CT molecular complexity index is 650. The van der Waals surface area contributed by atoms with Gasteiger partial charge in [-0.15, -0.1) is 0 Å². The predicted molar refractivity (Wildman–Crippen MR) is 87.3 cm³/mol. The maximum atomic E-state index is 5.29. The second-order valence-corrected chi connectivity index (χ2v) is 6.02. The molecule has 0 amide bonds. The highest BCUT2D eigenvalue weighted by molar-refractivity contribution is 5.38. The average Bonchev–Trinajstić information content (AvgIpc) is 3.04. The van der Waals surface area contributed by atoms with Crippen molar-refractivity contribution in [3.8, 4) is 0 Å². The van der Waals surface area contributed by atoms with Crippen LogP contribution in [0.25, 0.3) is 0 Å². The monoisotopic (exact) mass is 316 g/mol. The second-order valence-electron chi connectivity index (χ2n) is 6.02. The molecule has 0 radical (unpaired) electrons. The minimum atomic E-state index is -0.0852. The Hall–Kier alpha value is -2.02. The molecule has 0 aliphatic carbocycles. The van der Waals surface area contributed by atoms with Crippen LogP contribution in [-0.2, 0) is 6.42 Å². The van der Waals surface area contributed by atoms with Crippen LogP contribution in [0.3, 0.4) is 0 Å². The normalized spacial score (nSPS) is 17.2. The molecule has 2 N–H and O–H groups in total. The number of hydrogen-bond acceptors (Lipinski definition) is 7. The Balaban J connectivity index is 1.75. The molecule has 23 heavy (non-hydrogen) atoms. The third kappa shape index (κ3) is 3.85. The molecule has 1 fully saturated rings. The van der Waals surface area contributed by atoms with Gasteiger partial charge in [0.05, 0.1) is 0 Å². The summed E-state index contributed by atoms with van der Waals surface area (Å²) < 4.78 is 5.29. The first kappa shape index (κ1) is 15.9. The van der Waals surface area contributed by atoms with Crippen molar-refractivity contribution in [1.29, 1.82) is 0 Å². The van der Waals surface area contributed by atoms with Crippen LogP contribution in [0.15, 0.2) is 10.6 Å². The van der Waals surface area contributed by atoms with Crippen LogP contribution in [-0.4, -0.2) is 33.2 Å². The molecule has 0 aromatic carbocycles. The molecule has 2 aromatic heterocycles. The summed E-state index contributed by atoms with van der Waals surface area (Å²) in [6, 6.07) is 1.97. The summed E-state index contributed by atoms with van der Waals surface area (Å²) in [6.45, 7) is 8.03. The second kappa shape index (κ2) is 7.04. The van der Waals surface area contributed by atoms with E-state index in [2.05, 4.69) is 36.8 Å². The van der Waals surface area contributed by atoms with E-state index in [0.717, 1.165) is 55.5 Å². The van der Waals surface area contributed by atoms with Crippen molar-refractivity contribution in [3.05, 3.63) is 29.3 Å². The lowest BCUT2D eigenvalue weighted by molar-refractivity contribution is 0.363. The SMILES string of the molecule is CCc1noc(C(C)Nc2cc(C3CCNCC3)nc(C)n2)n1. The number of aryl methyl sites for hydroxylation is 2. The van der Waals surface area contributed by atoms with Crippen LogP contribution in [0.1, 0.15) is 61.9 Å². The summed E-state index contributed by atoms with van der Waals surface area (Å²) >= 11 is 0. The zero-order valence-electron chi connectivity index (χ0n) is 14.0. The molecule has 1 saturated heterocycles. The molecule has 2 aromatic rings. The lowest BCUT2D eigenvalue weighted by Crippen LogP contribution is -2.27. The van der Waals surface area contributed by atoms with Gasteiger partial charge in [0.2, 0.25) is 5.89 Å². The molecular weight excluding hydrogens is 292 g/mol. The van der Waals surface area contributed by atoms with Gasteiger partial charge in [0.15, 0.2) is 5.82 Å². The molecule has 0 bridgehead atoms. The van der Waals surface area contributed by atoms with Gasteiger partial charge in [0, 0.05) is 24.1 Å². The highest BCUT2D eigenvalue weighted by Gasteiger charge is 2.19. The minimum Gasteiger partial charge on any atom is -0.358 e. The van der Waals surface area contributed by atoms with Crippen molar-refractivity contribution in [2.75, 3.05) is 18.4 Å². The lowest BCUT2D eigenvalue weighted by Gasteiger charge is -2.23. The van der Waals surface area contributed by atoms with Gasteiger partial charge in [-0.1, -0.05) is 12.1 Å². The van der Waals surface area contributed by atoms with Crippen molar-refractivity contribution >= 4 is 5.82 Å². The first-order valence-electron chi connectivity index (χ1n) is 8.31. The fourth-order valence-corrected chi connectivity index (χ4v) is 2.86. The average molecular weight is 316 g/mol. The van der Waals surface area contributed by atoms with Crippen molar-refractivity contribution < 1.29 is 4.52 Å². The highest BCUT2D eigenvalue weighted by Crippen LogP contribution is 2.26. The number of anilines is 1. The van der Waals surface area contributed by atoms with Crippen LogP contribution in [0, 0.1) is 6.92 Å². The Morgan fingerprint density at radius 2 is 2.09 bits per heavy atom. The third-order valence-corrected chi connectivity index (χ3v) is 4.15. The van der Waals surface area contributed by atoms with Gasteiger partial charge in [-0.3, -0.25) is 0 Å². The first-order chi connectivity index (χ1) is 11.2. The summed E-state index contributed by atoms with van der Waals surface area (Å²) in [4.78, 5) is 13.5. The van der Waals surface area contributed by atoms with E-state index in [-0.39, 0.29) is 6.04 Å². The minimum absolute atomic E-state index is 0.0852. The molecule has 3 heterocycles. The van der Waals surface area contributed by atoms with Gasteiger partial charge in [0.25, 0.3) is 0 Å². The maximum Gasteiger partial charge on any atom is 0.248 e. The van der Waals surface area contributed by atoms with Crippen LogP contribution in [0.4, 0.5) is 5.82 Å². The number of nitrogens with zero attached hydrogens (tertiary/aromatic N) is 4. The molecule has 1 aliphatic heterocycles. The smallest absolute Gasteiger partial charge is 0.248 e. The number of hydrogen-bond donors (Lipinski definition) is 2. The van der Waals surface area contributed by atoms with Crippen LogP contribution >= 0.6 is 0 Å². The fraction of sp³-hybridized carbons (Fsp3) is 0.625. The zero-order chi connectivity index (χ0) is 16.2. The molecule has 124 valence electrons. The standard InChI is InChI=1S/C16H24N6O/c1-4-14-21-16(23-22-14)10(2)18-15-9-13(19-11(3)20-15)12-5-7-17-8-6-12/h9-10,12,17H,4-8H2,1-3H3,(H,18,19,20). The molecule has 1 aliphatic rings. The third-order valence-electron chi connectivity index (χ3n) is 4.15. The van der Waals surface area contributed by atoms with E-state index < -0.39 is 0 Å². The van der Waals surface area contributed by atoms with Crippen molar-refractivity contribution in [1.82, 2.24) is 25.4 Å². The van der Waals surface area contributed by atoms with E-state index in [4.69, 9.17) is 4.52 Å². The number of piperidine rings is 1. The van der Waals surface area contributed by atoms with Crippen LogP contribution in [0.5, 0.6) is 0 Å². The van der Waals surface area contributed by atoms with Gasteiger partial charge in [-0.2, -0.15) is 4.98 Å². The summed E-state index contributed by atoms with van der Waals surface area (Å²) in [5.41, 5.74) is 1.12. The van der Waals surface area contributed by atoms with E-state index in [1.807, 2.05) is 20.8 Å². The van der Waals surface area contributed by atoms with Crippen LogP contribution < -0.4 is 10.6 Å². The van der Waals surface area contributed by atoms with Crippen molar-refractivity contribution in [2.45, 2.75) is 52.0 Å². The summed E-state index contributed by atoms with van der Waals surface area (Å²) in [5.74, 6) is 3.42. The maximum absolute atomic E-state index is 5.29. The summed E-state index contributed by atoms with van der Waals surface area (Å²) in [7, 11) is 0. The van der Waals surface area contributed by atoms with Gasteiger partial charge in [0.1, 0.15) is 17.7 Å². The number of aromatic nitrogens is 4. The zero-order valence-corrected chi connectivity index (χ0v) is 14.0. The molecule has 7 heteroatoms. The molecule has 1 atom stereocenters. The Morgan fingerprint density at radius 1 is 1.30 bits per heavy atom. The van der Waals surface area contributed by atoms with Crippen molar-refractivity contribution in [2.24, 2.45) is 0 Å². The fourth-order valence-electron chi connectivity index (χ4n) is 2.86. The first-order valence-corrected chi connectivity index (χ1v) is 8.31. The Morgan fingerprint density at radius 3 is 2.78 bits per heavy atom. The number of nitrogens with one attached hydrogen (secondary N) is 2. The summed E-state index contributed by atoms with van der Waals surface area (Å²) in [6.07, 6.45) is 3.01. The van der Waals surface area contributed by atoms with E-state index in [9.17, 15) is 0 Å². The quantitative estimate of drug-likeness (QED) is 0.875. The Kier molecular flexibility index (Phi) is 4.85. The van der Waals surface area contributed by atoms with Gasteiger partial charge in [-0.05, 0) is 39.8 Å². The molecule has 3 rings (SSSR count). The largest absolute Gasteiger partial charge is 0.358 e. The number of rotatable bonds is 5. The molecule has 0 saturated carbocycles. The van der Waals surface area contributed by atoms with Crippen LogP contribution in [0.2, 0.25) is 0 Å². The topological polar surface area (TPSA) is 88.8 Å². The van der Waals surface area contributed by atoms with E-state index in [1.165, 1.54) is 0 Å². The van der Waals surface area contributed by atoms with Gasteiger partial charge >= 0.3 is 0 Å².